The molecule has 2 aromatic carbocycles. The molecular formula is C29H25N3O9. The van der Waals surface area contributed by atoms with Gasteiger partial charge in [-0.05, 0) is 55.8 Å². The second kappa shape index (κ2) is 11.0. The summed E-state index contributed by atoms with van der Waals surface area (Å²) >= 11 is 0. The molecule has 210 valence electrons. The highest BCUT2D eigenvalue weighted by Gasteiger charge is 2.34. The van der Waals surface area contributed by atoms with Gasteiger partial charge in [-0.25, -0.2) is 14.4 Å². The molecule has 5 rings (SSSR count). The lowest BCUT2D eigenvalue weighted by atomic mass is 9.96. The zero-order valence-electron chi connectivity index (χ0n) is 22.6. The van der Waals surface area contributed by atoms with Crippen molar-refractivity contribution >= 4 is 17.7 Å². The molecule has 1 aliphatic heterocycles. The van der Waals surface area contributed by atoms with E-state index >= 15 is 0 Å². The number of nitro groups is 1. The predicted octanol–water partition coefficient (Wildman–Crippen LogP) is 3.52. The van der Waals surface area contributed by atoms with Crippen LogP contribution in [0.4, 0.5) is 5.69 Å². The maximum absolute atomic E-state index is 13.7. The average Bonchev–Trinajstić information content (AvgIpc) is 3.56. The van der Waals surface area contributed by atoms with Crippen molar-refractivity contribution in [2.75, 3.05) is 20.8 Å². The molecule has 1 unspecified atom stereocenters. The van der Waals surface area contributed by atoms with Crippen LogP contribution < -0.4 is 26.1 Å². The molecule has 0 saturated carbocycles. The van der Waals surface area contributed by atoms with E-state index in [4.69, 9.17) is 23.0 Å². The summed E-state index contributed by atoms with van der Waals surface area (Å²) in [5.74, 6) is 0.757. The third kappa shape index (κ3) is 5.02. The number of benzene rings is 2. The first-order chi connectivity index (χ1) is 19.7. The molecular weight excluding hydrogens is 534 g/mol. The van der Waals surface area contributed by atoms with Crippen molar-refractivity contribution in [2.24, 2.45) is 4.99 Å². The van der Waals surface area contributed by atoms with Crippen LogP contribution in [-0.4, -0.2) is 36.3 Å². The first kappa shape index (κ1) is 27.2. The number of esters is 1. The number of oxazole rings is 1. The first-order valence-corrected chi connectivity index (χ1v) is 12.5. The molecule has 12 nitrogen and oxygen atoms in total. The van der Waals surface area contributed by atoms with Gasteiger partial charge in [0, 0.05) is 6.08 Å². The molecule has 0 aliphatic carbocycles. The van der Waals surface area contributed by atoms with E-state index in [1.165, 1.54) is 37.0 Å². The van der Waals surface area contributed by atoms with Gasteiger partial charge in [-0.1, -0.05) is 12.1 Å². The van der Waals surface area contributed by atoms with Crippen LogP contribution in [-0.2, 0) is 9.53 Å². The second-order valence-corrected chi connectivity index (χ2v) is 8.92. The van der Waals surface area contributed by atoms with Crippen molar-refractivity contribution in [3.63, 3.8) is 0 Å². The number of ether oxygens (including phenoxy) is 3. The number of furan rings is 1. The summed E-state index contributed by atoms with van der Waals surface area (Å²) in [5.41, 5.74) is 0.517. The Morgan fingerprint density at radius 1 is 1.07 bits per heavy atom. The minimum absolute atomic E-state index is 0.00908. The van der Waals surface area contributed by atoms with Crippen LogP contribution in [0.3, 0.4) is 0 Å². The Morgan fingerprint density at radius 3 is 2.44 bits per heavy atom. The molecule has 3 heterocycles. The first-order valence-electron chi connectivity index (χ1n) is 12.5. The van der Waals surface area contributed by atoms with Crippen LogP contribution in [0.2, 0.25) is 0 Å². The quantitative estimate of drug-likeness (QED) is 0.180. The molecule has 0 N–H and O–H groups in total. The van der Waals surface area contributed by atoms with Crippen molar-refractivity contribution in [1.82, 2.24) is 4.57 Å². The molecule has 41 heavy (non-hydrogen) atoms. The molecule has 1 atom stereocenters. The average molecular weight is 560 g/mol. The lowest BCUT2D eigenvalue weighted by Crippen LogP contribution is -2.39. The number of rotatable bonds is 8. The summed E-state index contributed by atoms with van der Waals surface area (Å²) in [6.45, 7) is 3.48. The van der Waals surface area contributed by atoms with Crippen molar-refractivity contribution in [3.05, 3.63) is 109 Å². The van der Waals surface area contributed by atoms with E-state index < -0.39 is 22.5 Å². The van der Waals surface area contributed by atoms with E-state index in [0.717, 1.165) is 0 Å². The summed E-state index contributed by atoms with van der Waals surface area (Å²) in [5, 5.41) is 11.6. The third-order valence-electron chi connectivity index (χ3n) is 6.52. The van der Waals surface area contributed by atoms with Gasteiger partial charge in [0.15, 0.2) is 5.42 Å². The Bertz CT molecular complexity index is 1860. The normalized spacial score (nSPS) is 14.8. The van der Waals surface area contributed by atoms with Crippen molar-refractivity contribution < 1.29 is 32.8 Å². The summed E-state index contributed by atoms with van der Waals surface area (Å²) in [6, 6.07) is 13.6. The van der Waals surface area contributed by atoms with Crippen LogP contribution in [0.15, 0.2) is 84.5 Å². The van der Waals surface area contributed by atoms with Crippen LogP contribution in [0, 0.1) is 10.1 Å². The standard InChI is InChI=1S/C29H25N3O9/c1-5-39-28(34)25-16(2)30-29-31(26(25)17-6-8-18(37-3)9-7-17)27(33)24(41-29)15-20-11-13-23(40-20)21-12-10-19(38-4)14-22(21)32(35)36/h6-15,26H,5H2,1-4H3/b24-15-. The minimum Gasteiger partial charge on any atom is -0.497 e. The van der Waals surface area contributed by atoms with E-state index in [0.29, 0.717) is 22.8 Å². The zero-order chi connectivity index (χ0) is 29.3. The van der Waals surface area contributed by atoms with Gasteiger partial charge in [-0.3, -0.25) is 14.9 Å². The second-order valence-electron chi connectivity index (χ2n) is 8.92. The number of carbonyl (C=O) groups is 1. The monoisotopic (exact) mass is 559 g/mol. The minimum atomic E-state index is -0.875. The number of hydrogen-bond donors (Lipinski definition) is 0. The van der Waals surface area contributed by atoms with Gasteiger partial charge in [0.05, 0.1) is 48.6 Å². The Kier molecular flexibility index (Phi) is 7.30. The lowest BCUT2D eigenvalue weighted by molar-refractivity contribution is -0.384. The summed E-state index contributed by atoms with van der Waals surface area (Å²) in [6.07, 6.45) is 1.37. The van der Waals surface area contributed by atoms with Crippen molar-refractivity contribution in [1.29, 1.82) is 0 Å². The number of nitro benzene ring substituents is 1. The van der Waals surface area contributed by atoms with E-state index in [2.05, 4.69) is 4.99 Å². The third-order valence-corrected chi connectivity index (χ3v) is 6.52. The van der Waals surface area contributed by atoms with E-state index in [9.17, 15) is 19.7 Å². The molecule has 1 aliphatic rings. The fourth-order valence-electron chi connectivity index (χ4n) is 4.60. The Morgan fingerprint density at radius 2 is 1.78 bits per heavy atom. The van der Waals surface area contributed by atoms with Gasteiger partial charge in [-0.15, -0.1) is 0 Å². The number of allylic oxidation sites excluding steroid dienone is 1. The molecule has 12 heteroatoms. The maximum atomic E-state index is 13.7. The molecule has 4 aromatic rings. The van der Waals surface area contributed by atoms with E-state index in [-0.39, 0.29) is 46.1 Å². The van der Waals surface area contributed by atoms with Gasteiger partial charge in [0.2, 0.25) is 0 Å². The van der Waals surface area contributed by atoms with Gasteiger partial charge in [-0.2, -0.15) is 0 Å². The Hall–Kier alpha value is -5.39. The largest absolute Gasteiger partial charge is 0.497 e. The Labute approximate surface area is 232 Å². The topological polar surface area (TPSA) is 149 Å². The predicted molar refractivity (Wildman–Crippen MR) is 145 cm³/mol. The fraction of sp³-hybridized carbons (Fsp3) is 0.207. The Balaban J connectivity index is 1.62. The molecule has 0 spiro atoms. The van der Waals surface area contributed by atoms with Gasteiger partial charge >= 0.3 is 11.7 Å². The lowest BCUT2D eigenvalue weighted by Gasteiger charge is -2.23. The number of fused-ring (bicyclic) bond motifs is 1. The van der Waals surface area contributed by atoms with Crippen LogP contribution in [0.5, 0.6) is 11.5 Å². The van der Waals surface area contributed by atoms with E-state index in [1.807, 2.05) is 0 Å². The number of hydrogen-bond acceptors (Lipinski definition) is 10. The van der Waals surface area contributed by atoms with Crippen molar-refractivity contribution in [3.8, 4) is 22.8 Å². The SMILES string of the molecule is CCOC(=O)C1=C(C)N=c2o/c(=C\c3ccc(-c4ccc(OC)cc4[N+](=O)[O-])o3)c(=O)n2C1c1ccc(OC)cc1. The number of aromatic nitrogens is 1. The fourth-order valence-corrected chi connectivity index (χ4v) is 4.60. The molecule has 0 fully saturated rings. The van der Waals surface area contributed by atoms with Crippen molar-refractivity contribution in [2.45, 2.75) is 19.9 Å². The molecule has 0 bridgehead atoms. The highest BCUT2D eigenvalue weighted by Crippen LogP contribution is 2.34. The zero-order valence-corrected chi connectivity index (χ0v) is 22.6. The molecule has 0 radical (unpaired) electrons. The molecule has 0 saturated heterocycles. The molecule has 0 amide bonds. The van der Waals surface area contributed by atoms with Gasteiger partial charge < -0.3 is 23.0 Å². The maximum Gasteiger partial charge on any atom is 0.338 e. The van der Waals surface area contributed by atoms with E-state index in [1.54, 1.807) is 56.3 Å². The summed E-state index contributed by atoms with van der Waals surface area (Å²) in [4.78, 5) is 42.2. The smallest absolute Gasteiger partial charge is 0.338 e. The van der Waals surface area contributed by atoms with Crippen LogP contribution >= 0.6 is 0 Å². The molecule has 2 aromatic heterocycles. The highest BCUT2D eigenvalue weighted by molar-refractivity contribution is 5.91. The van der Waals surface area contributed by atoms with Crippen LogP contribution in [0.1, 0.15) is 31.2 Å². The highest BCUT2D eigenvalue weighted by atomic mass is 16.6. The summed E-state index contributed by atoms with van der Waals surface area (Å²) in [7, 11) is 2.95. The van der Waals surface area contributed by atoms with Gasteiger partial charge in [0.25, 0.3) is 11.2 Å². The number of nitrogens with zero attached hydrogens (tertiary/aromatic N) is 3. The summed E-state index contributed by atoms with van der Waals surface area (Å²) < 4.78 is 28.6. The van der Waals surface area contributed by atoms with Gasteiger partial charge in [0.1, 0.15) is 29.1 Å². The number of carbonyl (C=O) groups excluding carboxylic acids is 1. The van der Waals surface area contributed by atoms with Crippen LogP contribution in [0.25, 0.3) is 17.4 Å². The number of methoxy groups -OCH3 is 2.